The molecule has 1 amide bonds. The number of hydrogen-bond acceptors (Lipinski definition) is 3. The molecule has 2 aromatic carbocycles. The van der Waals surface area contributed by atoms with E-state index in [1.54, 1.807) is 0 Å². The van der Waals surface area contributed by atoms with Crippen molar-refractivity contribution < 1.29 is 9.53 Å². The van der Waals surface area contributed by atoms with Gasteiger partial charge in [0.15, 0.2) is 0 Å². The molecule has 0 saturated carbocycles. The first kappa shape index (κ1) is 17.0. The summed E-state index contributed by atoms with van der Waals surface area (Å²) < 4.78 is 8.00. The number of ether oxygens (including phenoxy) is 1. The van der Waals surface area contributed by atoms with E-state index in [1.165, 1.54) is 0 Å². The molecule has 0 bridgehead atoms. The zero-order chi connectivity index (χ0) is 17.5. The van der Waals surface area contributed by atoms with Crippen LogP contribution in [0.1, 0.15) is 19.2 Å². The van der Waals surface area contributed by atoms with Gasteiger partial charge in [0.25, 0.3) is 0 Å². The molecule has 0 aliphatic carbocycles. The van der Waals surface area contributed by atoms with Gasteiger partial charge in [0.05, 0.1) is 17.6 Å². The lowest BCUT2D eigenvalue weighted by atomic mass is 10.3. The van der Waals surface area contributed by atoms with Gasteiger partial charge in [-0.1, -0.05) is 37.3 Å². The van der Waals surface area contributed by atoms with E-state index >= 15 is 0 Å². The minimum Gasteiger partial charge on any atom is -0.492 e. The van der Waals surface area contributed by atoms with E-state index in [0.717, 1.165) is 22.6 Å². The van der Waals surface area contributed by atoms with Crippen LogP contribution in [-0.2, 0) is 17.8 Å². The van der Waals surface area contributed by atoms with Gasteiger partial charge in [0.2, 0.25) is 5.91 Å². The average Bonchev–Trinajstić information content (AvgIpc) is 3.00. The molecule has 1 N–H and O–H groups in total. The second-order valence-electron chi connectivity index (χ2n) is 5.78. The third-order valence-corrected chi connectivity index (χ3v) is 4.05. The first-order valence-electron chi connectivity index (χ1n) is 8.66. The van der Waals surface area contributed by atoms with Gasteiger partial charge in [-0.2, -0.15) is 0 Å². The number of nitrogens with one attached hydrogen (secondary N) is 1. The summed E-state index contributed by atoms with van der Waals surface area (Å²) in [5.41, 5.74) is 2.06. The molecular weight excluding hydrogens is 314 g/mol. The molecule has 1 heterocycles. The van der Waals surface area contributed by atoms with E-state index in [1.807, 2.05) is 55.5 Å². The summed E-state index contributed by atoms with van der Waals surface area (Å²) in [6.07, 6.45) is 1.20. The van der Waals surface area contributed by atoms with Crippen LogP contribution >= 0.6 is 0 Å². The normalized spacial score (nSPS) is 10.8. The van der Waals surface area contributed by atoms with Crippen molar-refractivity contribution >= 4 is 16.9 Å². The Morgan fingerprint density at radius 3 is 2.68 bits per heavy atom. The van der Waals surface area contributed by atoms with Crippen molar-refractivity contribution in [1.82, 2.24) is 14.9 Å². The van der Waals surface area contributed by atoms with Crippen molar-refractivity contribution in [2.75, 3.05) is 13.2 Å². The maximum Gasteiger partial charge on any atom is 0.219 e. The monoisotopic (exact) mass is 337 g/mol. The Morgan fingerprint density at radius 2 is 1.88 bits per heavy atom. The lowest BCUT2D eigenvalue weighted by molar-refractivity contribution is -0.120. The first-order valence-corrected chi connectivity index (χ1v) is 8.66. The number of benzene rings is 2. The maximum absolute atomic E-state index is 11.4. The molecule has 0 unspecified atom stereocenters. The number of fused-ring (bicyclic) bond motifs is 1. The van der Waals surface area contributed by atoms with Crippen molar-refractivity contribution in [3.05, 3.63) is 60.4 Å². The summed E-state index contributed by atoms with van der Waals surface area (Å²) in [4.78, 5) is 16.1. The van der Waals surface area contributed by atoms with Crippen molar-refractivity contribution in [3.63, 3.8) is 0 Å². The zero-order valence-corrected chi connectivity index (χ0v) is 14.4. The molecule has 1 aromatic heterocycles. The molecule has 0 saturated heterocycles. The van der Waals surface area contributed by atoms with Crippen LogP contribution in [-0.4, -0.2) is 28.6 Å². The standard InChI is InChI=1S/C20H23N3O2/c1-2-20(24)21-13-12-19-22-17-10-6-7-11-18(17)23(19)14-15-25-16-8-4-3-5-9-16/h3-11H,2,12-15H2,1H3,(H,21,24). The molecular formula is C20H23N3O2. The third-order valence-electron chi connectivity index (χ3n) is 4.05. The van der Waals surface area contributed by atoms with Gasteiger partial charge >= 0.3 is 0 Å². The molecule has 5 nitrogen and oxygen atoms in total. The highest BCUT2D eigenvalue weighted by atomic mass is 16.5. The third kappa shape index (κ3) is 4.38. The highest BCUT2D eigenvalue weighted by Gasteiger charge is 2.10. The van der Waals surface area contributed by atoms with Crippen LogP contribution in [0, 0.1) is 0 Å². The molecule has 0 fully saturated rings. The van der Waals surface area contributed by atoms with Gasteiger partial charge in [-0.15, -0.1) is 0 Å². The molecule has 3 rings (SSSR count). The number of carbonyl (C=O) groups is 1. The van der Waals surface area contributed by atoms with E-state index in [0.29, 0.717) is 32.5 Å². The summed E-state index contributed by atoms with van der Waals surface area (Å²) in [7, 11) is 0. The summed E-state index contributed by atoms with van der Waals surface area (Å²) in [6, 6.07) is 17.9. The lowest BCUT2D eigenvalue weighted by Gasteiger charge is -2.11. The van der Waals surface area contributed by atoms with E-state index in [-0.39, 0.29) is 5.91 Å². The van der Waals surface area contributed by atoms with Crippen molar-refractivity contribution in [2.45, 2.75) is 26.3 Å². The fraction of sp³-hybridized carbons (Fsp3) is 0.300. The van der Waals surface area contributed by atoms with Crippen molar-refractivity contribution in [2.24, 2.45) is 0 Å². The smallest absolute Gasteiger partial charge is 0.219 e. The van der Waals surface area contributed by atoms with Gasteiger partial charge in [-0.3, -0.25) is 4.79 Å². The Labute approximate surface area is 147 Å². The number of carbonyl (C=O) groups excluding carboxylic acids is 1. The quantitative estimate of drug-likeness (QED) is 0.687. The van der Waals surface area contributed by atoms with E-state index < -0.39 is 0 Å². The molecule has 0 aliphatic rings. The van der Waals surface area contributed by atoms with Crippen LogP contribution < -0.4 is 10.1 Å². The van der Waals surface area contributed by atoms with Crippen molar-refractivity contribution in [1.29, 1.82) is 0 Å². The van der Waals surface area contributed by atoms with E-state index in [2.05, 4.69) is 16.0 Å². The molecule has 25 heavy (non-hydrogen) atoms. The topological polar surface area (TPSA) is 56.2 Å². The van der Waals surface area contributed by atoms with Crippen LogP contribution in [0.5, 0.6) is 5.75 Å². The fourth-order valence-electron chi connectivity index (χ4n) is 2.78. The van der Waals surface area contributed by atoms with Crippen LogP contribution in [0.15, 0.2) is 54.6 Å². The highest BCUT2D eigenvalue weighted by molar-refractivity contribution is 5.76. The average molecular weight is 337 g/mol. The predicted molar refractivity (Wildman–Crippen MR) is 98.7 cm³/mol. The Kier molecular flexibility index (Phi) is 5.67. The molecule has 0 aliphatic heterocycles. The first-order chi connectivity index (χ1) is 12.3. The van der Waals surface area contributed by atoms with E-state index in [9.17, 15) is 4.79 Å². The van der Waals surface area contributed by atoms with Crippen molar-refractivity contribution in [3.8, 4) is 5.75 Å². The second-order valence-corrected chi connectivity index (χ2v) is 5.78. The summed E-state index contributed by atoms with van der Waals surface area (Å²) in [5.74, 6) is 1.90. The van der Waals surface area contributed by atoms with Crippen LogP contribution in [0.25, 0.3) is 11.0 Å². The van der Waals surface area contributed by atoms with Crippen LogP contribution in [0.3, 0.4) is 0 Å². The SMILES string of the molecule is CCC(=O)NCCc1nc2ccccc2n1CCOc1ccccc1. The Morgan fingerprint density at radius 1 is 1.12 bits per heavy atom. The molecule has 3 aromatic rings. The fourth-order valence-corrected chi connectivity index (χ4v) is 2.78. The maximum atomic E-state index is 11.4. The number of para-hydroxylation sites is 3. The minimum atomic E-state index is 0.0649. The van der Waals surface area contributed by atoms with Gasteiger partial charge in [0, 0.05) is 19.4 Å². The number of hydrogen-bond donors (Lipinski definition) is 1. The molecule has 5 heteroatoms. The summed E-state index contributed by atoms with van der Waals surface area (Å²) in [6.45, 7) is 3.73. The number of rotatable bonds is 8. The highest BCUT2D eigenvalue weighted by Crippen LogP contribution is 2.17. The Balaban J connectivity index is 1.70. The van der Waals surface area contributed by atoms with Gasteiger partial charge in [-0.05, 0) is 24.3 Å². The largest absolute Gasteiger partial charge is 0.492 e. The van der Waals surface area contributed by atoms with Gasteiger partial charge < -0.3 is 14.6 Å². The summed E-state index contributed by atoms with van der Waals surface area (Å²) in [5, 5.41) is 2.91. The minimum absolute atomic E-state index is 0.0649. The molecule has 0 spiro atoms. The van der Waals surface area contributed by atoms with Gasteiger partial charge in [0.1, 0.15) is 18.2 Å². The Bertz CT molecular complexity index is 827. The summed E-state index contributed by atoms with van der Waals surface area (Å²) >= 11 is 0. The number of nitrogens with zero attached hydrogens (tertiary/aromatic N) is 2. The predicted octanol–water partition coefficient (Wildman–Crippen LogP) is 3.18. The number of amides is 1. The molecule has 0 atom stereocenters. The van der Waals surface area contributed by atoms with Gasteiger partial charge in [-0.25, -0.2) is 4.98 Å². The van der Waals surface area contributed by atoms with Crippen LogP contribution in [0.4, 0.5) is 0 Å². The Hall–Kier alpha value is -2.82. The molecule has 130 valence electrons. The van der Waals surface area contributed by atoms with E-state index in [4.69, 9.17) is 9.72 Å². The second kappa shape index (κ2) is 8.33. The molecule has 0 radical (unpaired) electrons. The number of imidazole rings is 1. The zero-order valence-electron chi connectivity index (χ0n) is 14.4. The van der Waals surface area contributed by atoms with Crippen LogP contribution in [0.2, 0.25) is 0 Å². The number of aromatic nitrogens is 2. The lowest BCUT2D eigenvalue weighted by Crippen LogP contribution is -2.25.